The van der Waals surface area contributed by atoms with Crippen LogP contribution < -0.4 is 0 Å². The number of hydrogen-bond donors (Lipinski definition) is 1. The minimum Gasteiger partial charge on any atom is -0.393 e. The van der Waals surface area contributed by atoms with Gasteiger partial charge in [0.1, 0.15) is 9.84 Å². The van der Waals surface area contributed by atoms with Crippen LogP contribution in [0.4, 0.5) is 0 Å². The second kappa shape index (κ2) is 6.01. The first-order valence-electron chi connectivity index (χ1n) is 6.24. The van der Waals surface area contributed by atoms with Gasteiger partial charge in [-0.3, -0.25) is 0 Å². The molecule has 0 heterocycles. The van der Waals surface area contributed by atoms with E-state index in [1.807, 2.05) is 0 Å². The SMILES string of the molecule is CC1CCC(C(O)CCCS(C)(=O)=O)CC1. The van der Waals surface area contributed by atoms with E-state index in [-0.39, 0.29) is 11.9 Å². The zero-order valence-electron chi connectivity index (χ0n) is 10.4. The third-order valence-electron chi connectivity index (χ3n) is 3.62. The summed E-state index contributed by atoms with van der Waals surface area (Å²) >= 11 is 0. The van der Waals surface area contributed by atoms with Crippen molar-refractivity contribution in [2.45, 2.75) is 51.6 Å². The Kier molecular flexibility index (Phi) is 5.25. The second-order valence-electron chi connectivity index (χ2n) is 5.36. The number of hydrogen-bond acceptors (Lipinski definition) is 3. The van der Waals surface area contributed by atoms with E-state index >= 15 is 0 Å². The highest BCUT2D eigenvalue weighted by atomic mass is 32.2. The van der Waals surface area contributed by atoms with Crippen LogP contribution in [0.5, 0.6) is 0 Å². The molecule has 1 saturated carbocycles. The molecule has 0 aromatic heterocycles. The van der Waals surface area contributed by atoms with Crippen LogP contribution in [0, 0.1) is 11.8 Å². The lowest BCUT2D eigenvalue weighted by Crippen LogP contribution is -2.25. The first kappa shape index (κ1) is 14.0. The zero-order chi connectivity index (χ0) is 12.2. The summed E-state index contributed by atoms with van der Waals surface area (Å²) in [6.07, 6.45) is 6.78. The zero-order valence-corrected chi connectivity index (χ0v) is 11.2. The van der Waals surface area contributed by atoms with E-state index in [4.69, 9.17) is 0 Å². The molecule has 0 spiro atoms. The Morgan fingerprint density at radius 2 is 1.81 bits per heavy atom. The van der Waals surface area contributed by atoms with Crippen LogP contribution in [-0.2, 0) is 9.84 Å². The van der Waals surface area contributed by atoms with E-state index < -0.39 is 9.84 Å². The van der Waals surface area contributed by atoms with Crippen molar-refractivity contribution in [3.8, 4) is 0 Å². The van der Waals surface area contributed by atoms with E-state index in [1.54, 1.807) is 0 Å². The van der Waals surface area contributed by atoms with Gasteiger partial charge in [-0.25, -0.2) is 8.42 Å². The van der Waals surface area contributed by atoms with E-state index in [0.29, 0.717) is 18.8 Å². The second-order valence-corrected chi connectivity index (χ2v) is 7.62. The largest absolute Gasteiger partial charge is 0.393 e. The van der Waals surface area contributed by atoms with Gasteiger partial charge in [0.05, 0.1) is 6.10 Å². The molecule has 0 radical (unpaired) electrons. The van der Waals surface area contributed by atoms with Gasteiger partial charge in [0.2, 0.25) is 0 Å². The van der Waals surface area contributed by atoms with E-state index in [0.717, 1.165) is 18.8 Å². The Labute approximate surface area is 99.2 Å². The molecule has 1 aliphatic rings. The van der Waals surface area contributed by atoms with Gasteiger partial charge in [-0.15, -0.1) is 0 Å². The number of aliphatic hydroxyl groups is 1. The number of aliphatic hydroxyl groups excluding tert-OH is 1. The molecule has 3 nitrogen and oxygen atoms in total. The van der Waals surface area contributed by atoms with Gasteiger partial charge in [0, 0.05) is 12.0 Å². The van der Waals surface area contributed by atoms with Crippen LogP contribution in [0.15, 0.2) is 0 Å². The van der Waals surface area contributed by atoms with Crippen LogP contribution in [0.2, 0.25) is 0 Å². The summed E-state index contributed by atoms with van der Waals surface area (Å²) in [5.74, 6) is 1.39. The minimum atomic E-state index is -2.87. The van der Waals surface area contributed by atoms with Crippen LogP contribution in [-0.4, -0.2) is 31.6 Å². The quantitative estimate of drug-likeness (QED) is 0.809. The predicted molar refractivity (Wildman–Crippen MR) is 66.1 cm³/mol. The maximum Gasteiger partial charge on any atom is 0.147 e. The van der Waals surface area contributed by atoms with Gasteiger partial charge in [-0.05, 0) is 37.5 Å². The summed E-state index contributed by atoms with van der Waals surface area (Å²) in [5.41, 5.74) is 0. The van der Waals surface area contributed by atoms with E-state index in [2.05, 4.69) is 6.92 Å². The van der Waals surface area contributed by atoms with Crippen LogP contribution in [0.25, 0.3) is 0 Å². The smallest absolute Gasteiger partial charge is 0.147 e. The average molecular weight is 248 g/mol. The summed E-state index contributed by atoms with van der Waals surface area (Å²) in [5, 5.41) is 9.96. The van der Waals surface area contributed by atoms with Gasteiger partial charge in [-0.2, -0.15) is 0 Å². The lowest BCUT2D eigenvalue weighted by atomic mass is 9.79. The van der Waals surface area contributed by atoms with Crippen molar-refractivity contribution in [2.75, 3.05) is 12.0 Å². The lowest BCUT2D eigenvalue weighted by molar-refractivity contribution is 0.0684. The molecule has 4 heteroatoms. The standard InChI is InChI=1S/C12H24O3S/c1-10-5-7-11(8-6-10)12(13)4-3-9-16(2,14)15/h10-13H,3-9H2,1-2H3. The summed E-state index contributed by atoms with van der Waals surface area (Å²) in [4.78, 5) is 0. The molecule has 96 valence electrons. The van der Waals surface area contributed by atoms with Gasteiger partial charge in [-0.1, -0.05) is 19.8 Å². The monoisotopic (exact) mass is 248 g/mol. The fourth-order valence-corrected chi connectivity index (χ4v) is 3.15. The summed E-state index contributed by atoms with van der Waals surface area (Å²) in [7, 11) is -2.87. The van der Waals surface area contributed by atoms with Gasteiger partial charge >= 0.3 is 0 Å². The van der Waals surface area contributed by atoms with Crippen molar-refractivity contribution in [1.82, 2.24) is 0 Å². The van der Waals surface area contributed by atoms with Crippen molar-refractivity contribution in [3.63, 3.8) is 0 Å². The third-order valence-corrected chi connectivity index (χ3v) is 4.65. The van der Waals surface area contributed by atoms with Crippen molar-refractivity contribution in [1.29, 1.82) is 0 Å². The highest BCUT2D eigenvalue weighted by molar-refractivity contribution is 7.90. The molecule has 0 bridgehead atoms. The molecular weight excluding hydrogens is 224 g/mol. The molecule has 0 amide bonds. The lowest BCUT2D eigenvalue weighted by Gasteiger charge is -2.29. The summed E-state index contributed by atoms with van der Waals surface area (Å²) in [6.45, 7) is 2.26. The highest BCUT2D eigenvalue weighted by Gasteiger charge is 2.24. The molecule has 1 fully saturated rings. The van der Waals surface area contributed by atoms with Crippen molar-refractivity contribution >= 4 is 9.84 Å². The van der Waals surface area contributed by atoms with Crippen molar-refractivity contribution in [3.05, 3.63) is 0 Å². The number of rotatable bonds is 5. The molecule has 0 aromatic carbocycles. The molecule has 1 atom stereocenters. The Bertz CT molecular complexity index is 289. The third kappa shape index (κ3) is 5.30. The Balaban J connectivity index is 2.22. The predicted octanol–water partition coefficient (Wildman–Crippen LogP) is 2.00. The summed E-state index contributed by atoms with van der Waals surface area (Å²) < 4.78 is 21.9. The van der Waals surface area contributed by atoms with Crippen molar-refractivity contribution in [2.24, 2.45) is 11.8 Å². The van der Waals surface area contributed by atoms with Crippen LogP contribution in [0.3, 0.4) is 0 Å². The fourth-order valence-electron chi connectivity index (χ4n) is 2.46. The highest BCUT2D eigenvalue weighted by Crippen LogP contribution is 2.31. The Morgan fingerprint density at radius 1 is 1.25 bits per heavy atom. The molecule has 0 aromatic rings. The normalized spacial score (nSPS) is 28.9. The molecule has 1 rings (SSSR count). The first-order chi connectivity index (χ1) is 7.38. The molecule has 0 aliphatic heterocycles. The minimum absolute atomic E-state index is 0.202. The maximum absolute atomic E-state index is 11.0. The molecule has 0 saturated heterocycles. The van der Waals surface area contributed by atoms with Gasteiger partial charge in [0.15, 0.2) is 0 Å². The maximum atomic E-state index is 11.0. The Hall–Kier alpha value is -0.0900. The Morgan fingerprint density at radius 3 is 2.31 bits per heavy atom. The summed E-state index contributed by atoms with van der Waals surface area (Å²) in [6, 6.07) is 0. The molecular formula is C12H24O3S. The molecule has 1 aliphatic carbocycles. The van der Waals surface area contributed by atoms with Crippen LogP contribution >= 0.6 is 0 Å². The van der Waals surface area contributed by atoms with Crippen LogP contribution in [0.1, 0.15) is 45.4 Å². The van der Waals surface area contributed by atoms with Crippen molar-refractivity contribution < 1.29 is 13.5 Å². The molecule has 1 unspecified atom stereocenters. The van der Waals surface area contributed by atoms with E-state index in [9.17, 15) is 13.5 Å². The van der Waals surface area contributed by atoms with Gasteiger partial charge < -0.3 is 5.11 Å². The molecule has 1 N–H and O–H groups in total. The first-order valence-corrected chi connectivity index (χ1v) is 8.30. The topological polar surface area (TPSA) is 54.4 Å². The fraction of sp³-hybridized carbons (Fsp3) is 1.00. The van der Waals surface area contributed by atoms with Gasteiger partial charge in [0.25, 0.3) is 0 Å². The molecule has 16 heavy (non-hydrogen) atoms. The van der Waals surface area contributed by atoms with E-state index in [1.165, 1.54) is 19.1 Å². The number of sulfone groups is 1. The average Bonchev–Trinajstić information content (AvgIpc) is 2.16.